The Kier molecular flexibility index (Phi) is 8.63. The lowest BCUT2D eigenvalue weighted by atomic mass is 10.1. The van der Waals surface area contributed by atoms with Gasteiger partial charge in [0.05, 0.1) is 19.3 Å². The quantitative estimate of drug-likeness (QED) is 0.134. The number of nitrogens with one attached hydrogen (secondary N) is 1. The van der Waals surface area contributed by atoms with Crippen LogP contribution in [0, 0.1) is 5.82 Å². The summed E-state index contributed by atoms with van der Waals surface area (Å²) in [5.74, 6) is -1.96. The molecular weight excluding hydrogens is 556 g/mol. The van der Waals surface area contributed by atoms with Gasteiger partial charge in [0.15, 0.2) is 0 Å². The number of carbonyl (C=O) groups is 1. The highest BCUT2D eigenvalue weighted by molar-refractivity contribution is 6.30. The van der Waals surface area contributed by atoms with Crippen LogP contribution >= 0.6 is 11.6 Å². The summed E-state index contributed by atoms with van der Waals surface area (Å²) in [4.78, 5) is 12.1. The summed E-state index contributed by atoms with van der Waals surface area (Å²) in [6.45, 7) is 0.240. The summed E-state index contributed by atoms with van der Waals surface area (Å²) < 4.78 is 65.5. The van der Waals surface area contributed by atoms with Gasteiger partial charge in [-0.25, -0.2) is 4.39 Å². The fourth-order valence-corrected chi connectivity index (χ4v) is 4.38. The van der Waals surface area contributed by atoms with Crippen molar-refractivity contribution in [2.24, 2.45) is 0 Å². The van der Waals surface area contributed by atoms with E-state index in [1.54, 1.807) is 42.5 Å². The number of benzene rings is 3. The van der Waals surface area contributed by atoms with Gasteiger partial charge in [-0.3, -0.25) is 4.79 Å². The number of fused-ring (bicyclic) bond motifs is 1. The third kappa shape index (κ3) is 6.71. The molecule has 1 aliphatic rings. The van der Waals surface area contributed by atoms with Crippen molar-refractivity contribution < 1.29 is 42.0 Å². The van der Waals surface area contributed by atoms with Gasteiger partial charge in [0.1, 0.15) is 23.0 Å². The second-order valence-electron chi connectivity index (χ2n) is 8.93. The van der Waals surface area contributed by atoms with E-state index >= 15 is 0 Å². The molecule has 0 aromatic heterocycles. The van der Waals surface area contributed by atoms with Gasteiger partial charge in [-0.2, -0.15) is 13.2 Å². The number of methoxy groups -OCH3 is 1. The highest BCUT2D eigenvalue weighted by Crippen LogP contribution is 2.40. The second kappa shape index (κ2) is 12.0. The highest BCUT2D eigenvalue weighted by Gasteiger charge is 2.37. The van der Waals surface area contributed by atoms with Crippen molar-refractivity contribution in [2.45, 2.75) is 25.4 Å². The van der Waals surface area contributed by atoms with Crippen molar-refractivity contribution in [1.82, 2.24) is 0 Å². The maximum atomic E-state index is 14.2. The van der Waals surface area contributed by atoms with E-state index in [-0.39, 0.29) is 43.8 Å². The molecular formula is C28H25ClF4N2O5. The summed E-state index contributed by atoms with van der Waals surface area (Å²) in [6, 6.07) is 12.8. The molecule has 7 nitrogen and oxygen atoms in total. The Morgan fingerprint density at radius 2 is 1.77 bits per heavy atom. The molecule has 0 bridgehead atoms. The Hall–Kier alpha value is -4.12. The number of hydrogen-bond acceptors (Lipinski definition) is 6. The van der Waals surface area contributed by atoms with Crippen LogP contribution in [-0.2, 0) is 17.4 Å². The number of aliphatic hydroxyl groups is 1. The highest BCUT2D eigenvalue weighted by atomic mass is 35.5. The van der Waals surface area contributed by atoms with Crippen LogP contribution in [0.2, 0.25) is 5.02 Å². The molecule has 0 fully saturated rings. The molecule has 0 amide bonds. The molecule has 0 atom stereocenters. The van der Waals surface area contributed by atoms with Crippen LogP contribution in [0.5, 0.6) is 11.5 Å². The zero-order valence-electron chi connectivity index (χ0n) is 21.2. The van der Waals surface area contributed by atoms with Crippen LogP contribution < -0.4 is 19.7 Å². The first-order chi connectivity index (χ1) is 19.0. The molecule has 1 heterocycles. The average Bonchev–Trinajstić information content (AvgIpc) is 3.31. The smallest absolute Gasteiger partial charge is 0.419 e. The summed E-state index contributed by atoms with van der Waals surface area (Å²) in [5, 5.41) is 23.8. The molecule has 1 aliphatic heterocycles. The molecule has 0 radical (unpaired) electrons. The SMILES string of the molecule is COc1cc(N/C(=C(/O)N2CCc3cc(F)c(C(F)(F)F)cc32)c2ccc(Cl)cc2)cc(OCCCC(=O)O)c1. The number of alkyl halides is 3. The number of rotatable bonds is 10. The number of anilines is 2. The van der Waals surface area contributed by atoms with Gasteiger partial charge >= 0.3 is 12.1 Å². The van der Waals surface area contributed by atoms with E-state index in [4.69, 9.17) is 26.2 Å². The predicted octanol–water partition coefficient (Wildman–Crippen LogP) is 7.11. The van der Waals surface area contributed by atoms with E-state index in [0.717, 1.165) is 6.07 Å². The van der Waals surface area contributed by atoms with Crippen LogP contribution in [0.3, 0.4) is 0 Å². The van der Waals surface area contributed by atoms with Gasteiger partial charge < -0.3 is 29.9 Å². The monoisotopic (exact) mass is 580 g/mol. The van der Waals surface area contributed by atoms with E-state index in [9.17, 15) is 27.5 Å². The second-order valence-corrected chi connectivity index (χ2v) is 9.37. The molecule has 3 N–H and O–H groups in total. The van der Waals surface area contributed by atoms with Crippen LogP contribution in [-0.4, -0.2) is 36.4 Å². The Bertz CT molecular complexity index is 1430. The molecule has 12 heteroatoms. The van der Waals surface area contributed by atoms with Crippen molar-refractivity contribution in [3.8, 4) is 11.5 Å². The van der Waals surface area contributed by atoms with Crippen LogP contribution in [0.4, 0.5) is 28.9 Å². The Balaban J connectivity index is 1.74. The maximum absolute atomic E-state index is 14.2. The van der Waals surface area contributed by atoms with Crippen LogP contribution in [0.25, 0.3) is 5.70 Å². The van der Waals surface area contributed by atoms with Crippen LogP contribution in [0.1, 0.15) is 29.5 Å². The number of hydrogen-bond donors (Lipinski definition) is 3. The summed E-state index contributed by atoms with van der Waals surface area (Å²) >= 11 is 6.04. The van der Waals surface area contributed by atoms with Gasteiger partial charge in [0, 0.05) is 53.1 Å². The van der Waals surface area contributed by atoms with Gasteiger partial charge in [-0.15, -0.1) is 0 Å². The minimum Gasteiger partial charge on any atom is -0.497 e. The standard InChI is InChI=1S/C28H25ClF4N2O5/c1-39-20-12-19(13-21(14-20)40-10-2-3-25(36)37)34-26(16-4-6-18(29)7-5-16)27(38)35-9-8-17-11-23(30)22(15-24(17)35)28(31,32)33/h4-7,11-15,34,38H,2-3,8-10H2,1H3,(H,36,37)/b27-26+. The van der Waals surface area contributed by atoms with E-state index in [1.165, 1.54) is 12.0 Å². The molecule has 0 saturated heterocycles. The number of aliphatic carboxylic acids is 1. The zero-order chi connectivity index (χ0) is 29.0. The summed E-state index contributed by atoms with van der Waals surface area (Å²) in [6.07, 6.45) is -4.48. The zero-order valence-corrected chi connectivity index (χ0v) is 21.9. The van der Waals surface area contributed by atoms with E-state index in [0.29, 0.717) is 39.4 Å². The average molecular weight is 581 g/mol. The number of nitrogens with zero attached hydrogens (tertiary/aromatic N) is 1. The lowest BCUT2D eigenvalue weighted by molar-refractivity contribution is -0.140. The lowest BCUT2D eigenvalue weighted by Gasteiger charge is -2.24. The maximum Gasteiger partial charge on any atom is 0.419 e. The fourth-order valence-electron chi connectivity index (χ4n) is 4.26. The number of aliphatic hydroxyl groups excluding tert-OH is 1. The molecule has 40 heavy (non-hydrogen) atoms. The molecule has 4 rings (SSSR count). The topological polar surface area (TPSA) is 91.3 Å². The Labute approximate surface area is 232 Å². The molecule has 212 valence electrons. The van der Waals surface area contributed by atoms with Crippen LogP contribution in [0.15, 0.2) is 60.5 Å². The van der Waals surface area contributed by atoms with Crippen molar-refractivity contribution in [1.29, 1.82) is 0 Å². The number of ether oxygens (including phenoxy) is 2. The lowest BCUT2D eigenvalue weighted by Crippen LogP contribution is -2.23. The largest absolute Gasteiger partial charge is 0.497 e. The Morgan fingerprint density at radius 1 is 1.07 bits per heavy atom. The molecule has 0 unspecified atom stereocenters. The fraction of sp³-hybridized carbons (Fsp3) is 0.250. The third-order valence-electron chi connectivity index (χ3n) is 6.17. The summed E-state index contributed by atoms with van der Waals surface area (Å²) in [7, 11) is 1.44. The molecule has 3 aromatic rings. The molecule has 0 aliphatic carbocycles. The van der Waals surface area contributed by atoms with Gasteiger partial charge in [-0.05, 0) is 42.7 Å². The molecule has 0 spiro atoms. The van der Waals surface area contributed by atoms with Gasteiger partial charge in [0.25, 0.3) is 0 Å². The van der Waals surface area contributed by atoms with Crippen molar-refractivity contribution in [3.05, 3.63) is 88.0 Å². The number of carboxylic acids is 1. The van der Waals surface area contributed by atoms with Gasteiger partial charge in [0.2, 0.25) is 5.88 Å². The number of carboxylic acid groups (broad SMARTS) is 1. The minimum atomic E-state index is -4.91. The molecule has 0 saturated carbocycles. The van der Waals surface area contributed by atoms with Gasteiger partial charge in [-0.1, -0.05) is 23.7 Å². The molecule has 3 aromatic carbocycles. The third-order valence-corrected chi connectivity index (χ3v) is 6.42. The number of halogens is 5. The first kappa shape index (κ1) is 28.9. The predicted molar refractivity (Wildman–Crippen MR) is 142 cm³/mol. The first-order valence-corrected chi connectivity index (χ1v) is 12.5. The van der Waals surface area contributed by atoms with E-state index < -0.39 is 29.4 Å². The first-order valence-electron chi connectivity index (χ1n) is 12.1. The Morgan fingerprint density at radius 3 is 2.42 bits per heavy atom. The van der Waals surface area contributed by atoms with Crippen molar-refractivity contribution >= 4 is 34.6 Å². The van der Waals surface area contributed by atoms with Crippen molar-refractivity contribution in [3.63, 3.8) is 0 Å². The van der Waals surface area contributed by atoms with E-state index in [2.05, 4.69) is 5.32 Å². The summed E-state index contributed by atoms with van der Waals surface area (Å²) in [5.41, 5.74) is -0.0747. The normalized spacial score (nSPS) is 13.5. The van der Waals surface area contributed by atoms with Crippen molar-refractivity contribution in [2.75, 3.05) is 30.5 Å². The minimum absolute atomic E-state index is 0.0348. The van der Waals surface area contributed by atoms with E-state index in [1.807, 2.05) is 0 Å².